The van der Waals surface area contributed by atoms with Crippen molar-refractivity contribution in [3.05, 3.63) is 47.2 Å². The molecule has 0 N–H and O–H groups in total. The number of aromatic nitrogens is 2. The number of hydroxylamine groups is 4. The Kier molecular flexibility index (Phi) is 7.85. The van der Waals surface area contributed by atoms with E-state index in [4.69, 9.17) is 28.2 Å². The highest BCUT2D eigenvalue weighted by molar-refractivity contribution is 6.29. The van der Waals surface area contributed by atoms with Gasteiger partial charge in [0.25, 0.3) is 0 Å². The molecular weight excluding hydrogens is 448 g/mol. The number of carbonyl (C=O) groups excluding carboxylic acids is 2. The van der Waals surface area contributed by atoms with E-state index >= 15 is 0 Å². The molecule has 0 atom stereocenters. The third-order valence-corrected chi connectivity index (χ3v) is 5.17. The molecule has 2 aliphatic rings. The van der Waals surface area contributed by atoms with Crippen molar-refractivity contribution in [2.75, 3.05) is 40.4 Å². The molecule has 0 bridgehead atoms. The summed E-state index contributed by atoms with van der Waals surface area (Å²) in [6.07, 6.45) is 5.21. The minimum atomic E-state index is -1.10. The third kappa shape index (κ3) is 5.97. The standard InChI is InChI=1S/C22H26N4O8/c1-29-13-17-9-19(23-31-17)15-5-3-7-25(11-15)33-21(27)22(28)34-26-8-4-6-16(12-26)20-10-18(14-30-2)32-24-20/h5-6,9-10H,3-4,7-8,11-14H2,1-2H3. The van der Waals surface area contributed by atoms with Crippen LogP contribution >= 0.6 is 0 Å². The topological polar surface area (TPSA) is 130 Å². The van der Waals surface area contributed by atoms with E-state index < -0.39 is 11.9 Å². The Bertz CT molecular complexity index is 988. The Labute approximate surface area is 195 Å². The molecule has 0 unspecified atom stereocenters. The van der Waals surface area contributed by atoms with Gasteiger partial charge in [0.1, 0.15) is 24.6 Å². The van der Waals surface area contributed by atoms with E-state index in [0.29, 0.717) is 62.1 Å². The summed E-state index contributed by atoms with van der Waals surface area (Å²) in [7, 11) is 3.13. The molecule has 12 nitrogen and oxygen atoms in total. The fourth-order valence-corrected chi connectivity index (χ4v) is 3.62. The van der Waals surface area contributed by atoms with Crippen LogP contribution in [0.1, 0.15) is 35.7 Å². The van der Waals surface area contributed by atoms with Crippen LogP contribution in [-0.4, -0.2) is 72.8 Å². The SMILES string of the molecule is COCc1cc(C2=CCCN(OC(=O)C(=O)ON3CCC=C(c4cc(COC)on4)C3)C2)no1. The first-order chi connectivity index (χ1) is 16.6. The first-order valence-electron chi connectivity index (χ1n) is 10.8. The lowest BCUT2D eigenvalue weighted by molar-refractivity contribution is -0.215. The third-order valence-electron chi connectivity index (χ3n) is 5.17. The molecule has 0 saturated heterocycles. The monoisotopic (exact) mass is 474 g/mol. The van der Waals surface area contributed by atoms with Gasteiger partial charge in [0.2, 0.25) is 0 Å². The minimum absolute atomic E-state index is 0.268. The largest absolute Gasteiger partial charge is 0.438 e. The van der Waals surface area contributed by atoms with Gasteiger partial charge in [-0.25, -0.2) is 9.59 Å². The molecule has 2 aromatic rings. The van der Waals surface area contributed by atoms with Crippen molar-refractivity contribution in [1.82, 2.24) is 20.4 Å². The Morgan fingerprint density at radius 1 is 0.824 bits per heavy atom. The lowest BCUT2D eigenvalue weighted by Gasteiger charge is -2.26. The Hall–Kier alpha value is -3.32. The molecule has 0 radical (unpaired) electrons. The summed E-state index contributed by atoms with van der Waals surface area (Å²) in [5.74, 6) is -1.01. The quantitative estimate of drug-likeness (QED) is 0.517. The van der Waals surface area contributed by atoms with Crippen molar-refractivity contribution in [2.24, 2.45) is 0 Å². The zero-order valence-corrected chi connectivity index (χ0v) is 19.0. The Balaban J connectivity index is 1.27. The zero-order valence-electron chi connectivity index (χ0n) is 19.0. The molecule has 4 rings (SSSR count). The van der Waals surface area contributed by atoms with Crippen molar-refractivity contribution in [3.8, 4) is 0 Å². The summed E-state index contributed by atoms with van der Waals surface area (Å²) >= 11 is 0. The van der Waals surface area contributed by atoms with Gasteiger partial charge in [0, 0.05) is 39.4 Å². The van der Waals surface area contributed by atoms with Gasteiger partial charge in [-0.2, -0.15) is 0 Å². The van der Waals surface area contributed by atoms with Gasteiger partial charge in [-0.05, 0) is 24.0 Å². The van der Waals surface area contributed by atoms with Gasteiger partial charge >= 0.3 is 11.9 Å². The van der Waals surface area contributed by atoms with Gasteiger partial charge in [0.05, 0.1) is 13.1 Å². The van der Waals surface area contributed by atoms with Gasteiger partial charge in [-0.1, -0.05) is 22.5 Å². The fraction of sp³-hybridized carbons (Fsp3) is 0.455. The van der Waals surface area contributed by atoms with Crippen molar-refractivity contribution in [3.63, 3.8) is 0 Å². The van der Waals surface area contributed by atoms with Crippen LogP contribution in [0.5, 0.6) is 0 Å². The van der Waals surface area contributed by atoms with Crippen LogP contribution in [0.2, 0.25) is 0 Å². The summed E-state index contributed by atoms with van der Waals surface area (Å²) in [4.78, 5) is 35.2. The van der Waals surface area contributed by atoms with Crippen LogP contribution in [0.4, 0.5) is 0 Å². The van der Waals surface area contributed by atoms with Gasteiger partial charge < -0.3 is 28.2 Å². The van der Waals surface area contributed by atoms with Crippen LogP contribution in [0.15, 0.2) is 33.3 Å². The molecule has 2 aliphatic heterocycles. The minimum Gasteiger partial charge on any atom is -0.377 e. The molecule has 0 fully saturated rings. The van der Waals surface area contributed by atoms with E-state index in [0.717, 1.165) is 11.1 Å². The number of ether oxygens (including phenoxy) is 2. The summed E-state index contributed by atoms with van der Waals surface area (Å²) in [6, 6.07) is 3.53. The van der Waals surface area contributed by atoms with E-state index in [9.17, 15) is 9.59 Å². The molecule has 182 valence electrons. The molecule has 2 aromatic heterocycles. The van der Waals surface area contributed by atoms with Crippen LogP contribution < -0.4 is 0 Å². The Morgan fingerprint density at radius 2 is 1.26 bits per heavy atom. The first kappa shape index (κ1) is 23.8. The van der Waals surface area contributed by atoms with Crippen molar-refractivity contribution < 1.29 is 37.8 Å². The molecule has 0 spiro atoms. The smallest absolute Gasteiger partial charge is 0.377 e. The number of hydrogen-bond donors (Lipinski definition) is 0. The maximum absolute atomic E-state index is 12.4. The Morgan fingerprint density at radius 3 is 1.68 bits per heavy atom. The second-order valence-corrected chi connectivity index (χ2v) is 7.74. The van der Waals surface area contributed by atoms with Crippen LogP contribution in [0.3, 0.4) is 0 Å². The molecular formula is C22H26N4O8. The number of carbonyl (C=O) groups is 2. The van der Waals surface area contributed by atoms with E-state index in [-0.39, 0.29) is 13.1 Å². The van der Waals surface area contributed by atoms with Crippen LogP contribution in [0, 0.1) is 0 Å². The summed E-state index contributed by atoms with van der Waals surface area (Å²) in [6.45, 7) is 2.04. The molecule has 34 heavy (non-hydrogen) atoms. The van der Waals surface area contributed by atoms with Crippen molar-refractivity contribution in [1.29, 1.82) is 0 Å². The second kappa shape index (κ2) is 11.2. The fourth-order valence-electron chi connectivity index (χ4n) is 3.62. The number of nitrogens with zero attached hydrogens (tertiary/aromatic N) is 4. The highest BCUT2D eigenvalue weighted by Crippen LogP contribution is 2.23. The lowest BCUT2D eigenvalue weighted by Crippen LogP contribution is -2.39. The van der Waals surface area contributed by atoms with Gasteiger partial charge in [0.15, 0.2) is 11.5 Å². The molecule has 12 heteroatoms. The number of rotatable bonds is 8. The highest BCUT2D eigenvalue weighted by Gasteiger charge is 2.28. The lowest BCUT2D eigenvalue weighted by atomic mass is 10.1. The summed E-state index contributed by atoms with van der Waals surface area (Å²) < 4.78 is 20.5. The maximum atomic E-state index is 12.4. The average molecular weight is 474 g/mol. The van der Waals surface area contributed by atoms with E-state index in [1.807, 2.05) is 12.2 Å². The van der Waals surface area contributed by atoms with E-state index in [1.165, 1.54) is 10.1 Å². The summed E-state index contributed by atoms with van der Waals surface area (Å²) in [5, 5.41) is 10.8. The van der Waals surface area contributed by atoms with Crippen molar-refractivity contribution >= 4 is 23.1 Å². The molecule has 4 heterocycles. The normalized spacial score (nSPS) is 17.2. The van der Waals surface area contributed by atoms with Gasteiger partial charge in [-0.3, -0.25) is 0 Å². The van der Waals surface area contributed by atoms with E-state index in [2.05, 4.69) is 10.3 Å². The predicted octanol–water partition coefficient (Wildman–Crippen LogP) is 1.75. The van der Waals surface area contributed by atoms with Crippen LogP contribution in [0.25, 0.3) is 11.1 Å². The number of methoxy groups -OCH3 is 2. The molecule has 0 amide bonds. The molecule has 0 saturated carbocycles. The second-order valence-electron chi connectivity index (χ2n) is 7.74. The first-order valence-corrected chi connectivity index (χ1v) is 10.8. The molecule has 0 aliphatic carbocycles. The number of hydrogen-bond acceptors (Lipinski definition) is 12. The van der Waals surface area contributed by atoms with E-state index in [1.54, 1.807) is 26.4 Å². The average Bonchev–Trinajstić information content (AvgIpc) is 3.50. The van der Waals surface area contributed by atoms with Crippen molar-refractivity contribution in [2.45, 2.75) is 26.1 Å². The highest BCUT2D eigenvalue weighted by atomic mass is 16.8. The van der Waals surface area contributed by atoms with Crippen LogP contribution in [-0.2, 0) is 42.0 Å². The van der Waals surface area contributed by atoms with Gasteiger partial charge in [-0.15, -0.1) is 10.1 Å². The zero-order chi connectivity index (χ0) is 23.9. The maximum Gasteiger partial charge on any atom is 0.438 e. The summed E-state index contributed by atoms with van der Waals surface area (Å²) in [5.41, 5.74) is 2.91. The predicted molar refractivity (Wildman–Crippen MR) is 115 cm³/mol. The molecule has 0 aromatic carbocycles.